The third kappa shape index (κ3) is 13.7. The van der Waals surface area contributed by atoms with E-state index in [-0.39, 0.29) is 52.4 Å². The molecule has 0 bridgehead atoms. The normalized spacial score (nSPS) is 12.0. The van der Waals surface area contributed by atoms with Crippen molar-refractivity contribution in [1.29, 1.82) is 0 Å². The number of benzene rings is 2. The third-order valence-corrected chi connectivity index (χ3v) is 10.2. The monoisotopic (exact) mass is 925 g/mol. The Morgan fingerprint density at radius 1 is 0.724 bits per heavy atom. The van der Waals surface area contributed by atoms with Crippen LogP contribution in [0.2, 0.25) is 0 Å². The van der Waals surface area contributed by atoms with E-state index in [1.807, 2.05) is 43.3 Å². The van der Waals surface area contributed by atoms with E-state index in [4.69, 9.17) is 29.2 Å². The Bertz CT molecular complexity index is 1920. The first-order valence-electron chi connectivity index (χ1n) is 18.6. The average Bonchev–Trinajstić information content (AvgIpc) is 3.16. The van der Waals surface area contributed by atoms with Gasteiger partial charge in [-0.05, 0) is 110 Å². The molecule has 0 saturated carbocycles. The smallest absolute Gasteiger partial charge is 0.306 e. The number of halogens is 2. The number of aliphatic carboxylic acids is 2. The van der Waals surface area contributed by atoms with Gasteiger partial charge in [0, 0.05) is 24.2 Å². The van der Waals surface area contributed by atoms with Crippen LogP contribution in [0.4, 0.5) is 0 Å². The first-order chi connectivity index (χ1) is 27.8. The molecular weight excluding hydrogens is 878 g/mol. The number of carboxylic acid groups (broad SMARTS) is 2. The zero-order valence-corrected chi connectivity index (χ0v) is 35.7. The molecule has 4 aromatic rings. The largest absolute Gasteiger partial charge is 0.481 e. The molecule has 0 aliphatic carbocycles. The number of aliphatic hydroxyl groups is 2. The molecule has 5 N–H and O–H groups in total. The molecule has 0 aliphatic heterocycles. The highest BCUT2D eigenvalue weighted by atomic mass is 79.9. The first kappa shape index (κ1) is 45.9. The number of aromatic nitrogens is 2. The minimum atomic E-state index is -1.08. The van der Waals surface area contributed by atoms with Crippen molar-refractivity contribution in [2.45, 2.75) is 77.9 Å². The Labute approximate surface area is 355 Å². The number of aliphatic hydroxyl groups excluding tert-OH is 2. The molecule has 0 radical (unpaired) electrons. The molecule has 13 nitrogen and oxygen atoms in total. The molecule has 58 heavy (non-hydrogen) atoms. The highest BCUT2D eigenvalue weighted by molar-refractivity contribution is 9.10. The zero-order valence-electron chi connectivity index (χ0n) is 32.5. The Kier molecular flexibility index (Phi) is 18.2. The summed E-state index contributed by atoms with van der Waals surface area (Å²) in [6.07, 6.45) is 1.99. The van der Waals surface area contributed by atoms with E-state index >= 15 is 0 Å². The number of carboxylic acids is 2. The molecule has 0 saturated heterocycles. The Morgan fingerprint density at radius 3 is 1.71 bits per heavy atom. The van der Waals surface area contributed by atoms with Crippen LogP contribution in [0, 0.1) is 13.8 Å². The van der Waals surface area contributed by atoms with E-state index in [0.29, 0.717) is 57.3 Å². The molecular formula is C43H49Br2N3O10. The number of ether oxygens (including phenoxy) is 4. The molecule has 0 spiro atoms. The maximum Gasteiger partial charge on any atom is 0.306 e. The number of aryl methyl sites for hydroxylation is 1. The topological polar surface area (TPSA) is 190 Å². The number of hydrogen-bond donors (Lipinski definition) is 5. The van der Waals surface area contributed by atoms with E-state index in [1.54, 1.807) is 12.2 Å². The van der Waals surface area contributed by atoms with Crippen LogP contribution in [-0.2, 0) is 35.8 Å². The lowest BCUT2D eigenvalue weighted by Gasteiger charge is -2.18. The van der Waals surface area contributed by atoms with Gasteiger partial charge in [0.25, 0.3) is 0 Å². The van der Waals surface area contributed by atoms with Crippen molar-refractivity contribution in [3.05, 3.63) is 116 Å². The minimum absolute atomic E-state index is 0.0814. The quantitative estimate of drug-likeness (QED) is 0.0408. The number of hydrogen-bond acceptors (Lipinski definition) is 11. The molecule has 2 aromatic carbocycles. The average molecular weight is 928 g/mol. The fraction of sp³-hybridized carbons (Fsp3) is 0.349. The summed E-state index contributed by atoms with van der Waals surface area (Å²) in [5.41, 5.74) is 7.53. The van der Waals surface area contributed by atoms with Crippen molar-refractivity contribution in [2.24, 2.45) is 0 Å². The van der Waals surface area contributed by atoms with Crippen molar-refractivity contribution in [2.75, 3.05) is 19.8 Å². The lowest BCUT2D eigenvalue weighted by atomic mass is 9.92. The van der Waals surface area contributed by atoms with E-state index in [9.17, 15) is 19.8 Å². The summed E-state index contributed by atoms with van der Waals surface area (Å²) < 4.78 is 25.4. The molecule has 310 valence electrons. The van der Waals surface area contributed by atoms with E-state index in [2.05, 4.69) is 79.4 Å². The number of nitrogens with one attached hydrogen (secondary N) is 1. The van der Waals surface area contributed by atoms with Crippen molar-refractivity contribution < 1.29 is 49.0 Å². The van der Waals surface area contributed by atoms with Gasteiger partial charge in [-0.15, -0.1) is 0 Å². The summed E-state index contributed by atoms with van der Waals surface area (Å²) in [6.45, 7) is 12.8. The summed E-state index contributed by atoms with van der Waals surface area (Å²) in [6, 6.07) is 15.8. The van der Waals surface area contributed by atoms with Gasteiger partial charge in [-0.25, -0.2) is 0 Å². The standard InChI is InChI=1S/C43H49Br2N3O10/c1-5-16-55-40-28(10-7-13-32(49)20-38(51)52)18-36(44)42(47-40)57-24-29-11-8-14-34(26(29)3)35-15-9-12-30(27(35)4)25-58-43-37(45)19-31(41(48-43)56-17-6-2)22-46-23-33(50)21-39(53)54/h5-6,8-9,11-12,14-15,18-19,32-33,46,49-50H,1-2,7,10,13,16-17,20-25H2,3-4H3,(H,51,52)(H,53,54)/t32-,33+/m1/s1. The van der Waals surface area contributed by atoms with Crippen molar-refractivity contribution >= 4 is 43.8 Å². The summed E-state index contributed by atoms with van der Waals surface area (Å²) in [4.78, 5) is 31.1. The summed E-state index contributed by atoms with van der Waals surface area (Å²) >= 11 is 7.16. The summed E-state index contributed by atoms with van der Waals surface area (Å²) in [7, 11) is 0. The van der Waals surface area contributed by atoms with Crippen molar-refractivity contribution in [3.8, 4) is 34.6 Å². The van der Waals surface area contributed by atoms with Gasteiger partial charge < -0.3 is 44.7 Å². The predicted octanol–water partition coefficient (Wildman–Crippen LogP) is 7.66. The van der Waals surface area contributed by atoms with Gasteiger partial charge in [-0.1, -0.05) is 61.7 Å². The maximum absolute atomic E-state index is 10.9. The number of rotatable bonds is 25. The molecule has 2 aromatic heterocycles. The number of pyridine rings is 2. The Morgan fingerprint density at radius 2 is 1.21 bits per heavy atom. The first-order valence-corrected chi connectivity index (χ1v) is 20.2. The van der Waals surface area contributed by atoms with E-state index in [0.717, 1.165) is 38.9 Å². The van der Waals surface area contributed by atoms with Crippen LogP contribution in [-0.4, -0.2) is 74.3 Å². The third-order valence-electron chi connectivity index (χ3n) is 9.05. The molecule has 0 unspecified atom stereocenters. The fourth-order valence-corrected chi connectivity index (χ4v) is 7.01. The van der Waals surface area contributed by atoms with Crippen LogP contribution in [0.25, 0.3) is 11.1 Å². The highest BCUT2D eigenvalue weighted by Gasteiger charge is 2.19. The number of carbonyl (C=O) groups is 2. The summed E-state index contributed by atoms with van der Waals surface area (Å²) in [5, 5.41) is 40.8. The van der Waals surface area contributed by atoms with Gasteiger partial charge in [-0.2, -0.15) is 9.97 Å². The predicted molar refractivity (Wildman–Crippen MR) is 226 cm³/mol. The van der Waals surface area contributed by atoms with Crippen LogP contribution in [0.3, 0.4) is 0 Å². The fourth-order valence-electron chi connectivity index (χ4n) is 6.06. The Hall–Kier alpha value is -4.80. The lowest BCUT2D eigenvalue weighted by molar-refractivity contribution is -0.140. The lowest BCUT2D eigenvalue weighted by Crippen LogP contribution is -2.28. The highest BCUT2D eigenvalue weighted by Crippen LogP contribution is 2.35. The van der Waals surface area contributed by atoms with Crippen molar-refractivity contribution in [3.63, 3.8) is 0 Å². The van der Waals surface area contributed by atoms with Crippen LogP contribution >= 0.6 is 31.9 Å². The van der Waals surface area contributed by atoms with E-state index < -0.39 is 24.1 Å². The van der Waals surface area contributed by atoms with Crippen LogP contribution in [0.15, 0.2) is 82.8 Å². The molecule has 2 heterocycles. The van der Waals surface area contributed by atoms with E-state index in [1.165, 1.54) is 0 Å². The van der Waals surface area contributed by atoms with Gasteiger partial charge in [0.15, 0.2) is 0 Å². The molecule has 0 amide bonds. The second-order valence-corrected chi connectivity index (χ2v) is 15.2. The molecule has 2 atom stereocenters. The molecule has 0 fully saturated rings. The van der Waals surface area contributed by atoms with Gasteiger partial charge in [0.05, 0.1) is 34.0 Å². The van der Waals surface area contributed by atoms with Gasteiger partial charge in [0.1, 0.15) is 26.4 Å². The maximum atomic E-state index is 10.9. The molecule has 0 aliphatic rings. The summed E-state index contributed by atoms with van der Waals surface area (Å²) in [5.74, 6) is -0.735. The molecule has 15 heteroatoms. The van der Waals surface area contributed by atoms with Gasteiger partial charge in [0.2, 0.25) is 23.5 Å². The zero-order chi connectivity index (χ0) is 42.2. The Balaban J connectivity index is 1.48. The minimum Gasteiger partial charge on any atom is -0.481 e. The second-order valence-electron chi connectivity index (χ2n) is 13.5. The van der Waals surface area contributed by atoms with Crippen LogP contribution in [0.1, 0.15) is 59.1 Å². The second kappa shape index (κ2) is 23.0. The number of nitrogens with zero attached hydrogens (tertiary/aromatic N) is 2. The van der Waals surface area contributed by atoms with Crippen molar-refractivity contribution in [1.82, 2.24) is 15.3 Å². The van der Waals surface area contributed by atoms with Crippen LogP contribution in [0.5, 0.6) is 23.5 Å². The van der Waals surface area contributed by atoms with Crippen LogP contribution < -0.4 is 24.3 Å². The molecule has 4 rings (SSSR count). The SMILES string of the molecule is C=CCOc1nc(OCc2cccc(-c3cccc(COc4nc(OCC=C)c(CNC[C@@H](O)CC(=O)O)cc4Br)c3C)c2C)c(Br)cc1CCC[C@@H](O)CC(=O)O. The van der Waals surface area contributed by atoms with Gasteiger partial charge in [-0.3, -0.25) is 9.59 Å². The van der Waals surface area contributed by atoms with Gasteiger partial charge >= 0.3 is 11.9 Å².